The average Bonchev–Trinajstić information content (AvgIpc) is 3.33. The minimum Gasteiger partial charge on any atom is -0.491 e. The molecule has 2 aliphatic heterocycles. The molecule has 2 heterocycles. The molecule has 3 amide bonds. The summed E-state index contributed by atoms with van der Waals surface area (Å²) in [7, 11) is 6.10. The molecular formula is C42H50N6O4. The van der Waals surface area contributed by atoms with Crippen LogP contribution in [0.15, 0.2) is 91.0 Å². The van der Waals surface area contributed by atoms with Gasteiger partial charge in [0.15, 0.2) is 0 Å². The molecule has 1 N–H and O–H groups in total. The van der Waals surface area contributed by atoms with Crippen LogP contribution in [-0.2, 0) is 4.79 Å². The van der Waals surface area contributed by atoms with E-state index in [1.54, 1.807) is 23.1 Å². The van der Waals surface area contributed by atoms with Crippen molar-refractivity contribution in [1.29, 1.82) is 0 Å². The number of piperazine rings is 1. The third-order valence-electron chi connectivity index (χ3n) is 9.77. The van der Waals surface area contributed by atoms with Crippen LogP contribution in [0.5, 0.6) is 5.75 Å². The van der Waals surface area contributed by atoms with Crippen molar-refractivity contribution in [2.45, 2.75) is 19.8 Å². The van der Waals surface area contributed by atoms with E-state index in [0.29, 0.717) is 48.7 Å². The van der Waals surface area contributed by atoms with Gasteiger partial charge in [-0.3, -0.25) is 14.4 Å². The van der Waals surface area contributed by atoms with Gasteiger partial charge in [0.25, 0.3) is 11.8 Å². The Morgan fingerprint density at radius 2 is 1.52 bits per heavy atom. The van der Waals surface area contributed by atoms with Gasteiger partial charge in [-0.05, 0) is 88.4 Å². The third kappa shape index (κ3) is 8.81. The van der Waals surface area contributed by atoms with E-state index in [1.807, 2.05) is 98.7 Å². The summed E-state index contributed by atoms with van der Waals surface area (Å²) in [5.74, 6) is 0.118. The highest BCUT2D eigenvalue weighted by atomic mass is 16.5. The first-order valence-electron chi connectivity index (χ1n) is 18.2. The van der Waals surface area contributed by atoms with E-state index in [2.05, 4.69) is 27.1 Å². The lowest BCUT2D eigenvalue weighted by Crippen LogP contribution is -2.50. The number of hydrogen-bond donors (Lipinski definition) is 1. The maximum Gasteiger partial charge on any atom is 0.258 e. The summed E-state index contributed by atoms with van der Waals surface area (Å²) in [6, 6.07) is 28.7. The van der Waals surface area contributed by atoms with E-state index in [-0.39, 0.29) is 24.3 Å². The fraction of sp³-hybridized carbons (Fsp3) is 0.357. The first kappa shape index (κ1) is 36.6. The molecule has 2 aliphatic rings. The minimum absolute atomic E-state index is 0.109. The van der Waals surface area contributed by atoms with Crippen molar-refractivity contribution >= 4 is 34.8 Å². The number of hydrogen-bond acceptors (Lipinski definition) is 7. The summed E-state index contributed by atoms with van der Waals surface area (Å²) in [6.07, 6.45) is 1.48. The summed E-state index contributed by atoms with van der Waals surface area (Å²) in [5, 5.41) is 3.08. The number of nitrogens with zero attached hydrogens (tertiary/aromatic N) is 5. The van der Waals surface area contributed by atoms with Crippen LogP contribution in [0, 0.1) is 6.92 Å². The van der Waals surface area contributed by atoms with E-state index >= 15 is 0 Å². The standard InChI is InChI=1S/C42H50N6O4/c1-31-15-17-32(18-16-31)34-11-5-6-12-35(34)41(50)43-36-20-19-33(29-39(36)52-28-10-21-44(2)3)42(51)48-23-9-22-47(37-13-7-8-14-38(37)48)30-40(49)46-26-24-45(4)25-27-46/h5-8,11-20,29H,9-10,21-28,30H2,1-4H3,(H,43,50). The zero-order chi connectivity index (χ0) is 36.6. The zero-order valence-corrected chi connectivity index (χ0v) is 30.8. The van der Waals surface area contributed by atoms with Gasteiger partial charge in [0.2, 0.25) is 5.91 Å². The molecule has 0 aliphatic carbocycles. The minimum atomic E-state index is -0.263. The number of rotatable bonds is 11. The third-order valence-corrected chi connectivity index (χ3v) is 9.77. The van der Waals surface area contributed by atoms with Crippen molar-refractivity contribution in [3.63, 3.8) is 0 Å². The lowest BCUT2D eigenvalue weighted by atomic mass is 9.98. The first-order chi connectivity index (χ1) is 25.2. The van der Waals surface area contributed by atoms with E-state index in [9.17, 15) is 14.4 Å². The second-order valence-corrected chi connectivity index (χ2v) is 14.0. The quantitative estimate of drug-likeness (QED) is 0.196. The van der Waals surface area contributed by atoms with Crippen molar-refractivity contribution in [3.8, 4) is 16.9 Å². The number of carbonyl (C=O) groups is 3. The molecule has 0 bridgehead atoms. The second-order valence-electron chi connectivity index (χ2n) is 14.0. The first-order valence-corrected chi connectivity index (χ1v) is 18.2. The molecule has 1 fully saturated rings. The molecule has 52 heavy (non-hydrogen) atoms. The monoisotopic (exact) mass is 702 g/mol. The van der Waals surface area contributed by atoms with Gasteiger partial charge in [-0.1, -0.05) is 60.2 Å². The van der Waals surface area contributed by atoms with Crippen LogP contribution in [0.2, 0.25) is 0 Å². The summed E-state index contributed by atoms with van der Waals surface area (Å²) in [4.78, 5) is 51.7. The van der Waals surface area contributed by atoms with Gasteiger partial charge in [-0.2, -0.15) is 0 Å². The van der Waals surface area contributed by atoms with Crippen LogP contribution in [-0.4, -0.2) is 113 Å². The maximum absolute atomic E-state index is 14.4. The highest BCUT2D eigenvalue weighted by Crippen LogP contribution is 2.35. The van der Waals surface area contributed by atoms with Crippen molar-refractivity contribution in [2.24, 2.45) is 0 Å². The van der Waals surface area contributed by atoms with Gasteiger partial charge in [-0.15, -0.1) is 0 Å². The molecule has 0 aromatic heterocycles. The number of amides is 3. The topological polar surface area (TPSA) is 88.7 Å². The van der Waals surface area contributed by atoms with E-state index in [4.69, 9.17) is 4.74 Å². The average molecular weight is 703 g/mol. The Morgan fingerprint density at radius 3 is 2.27 bits per heavy atom. The van der Waals surface area contributed by atoms with Crippen LogP contribution < -0.4 is 19.9 Å². The van der Waals surface area contributed by atoms with Gasteiger partial charge in [0.1, 0.15) is 5.75 Å². The molecule has 0 unspecified atom stereocenters. The fourth-order valence-corrected chi connectivity index (χ4v) is 6.77. The maximum atomic E-state index is 14.4. The Kier molecular flexibility index (Phi) is 11.9. The van der Waals surface area contributed by atoms with Gasteiger partial charge in [0.05, 0.1) is 30.2 Å². The van der Waals surface area contributed by atoms with Crippen molar-refractivity contribution in [3.05, 3.63) is 108 Å². The SMILES string of the molecule is Cc1ccc(-c2ccccc2C(=O)Nc2ccc(C(=O)N3CCCN(CC(=O)N4CCN(C)CC4)c4ccccc43)cc2OCCCN(C)C)cc1. The van der Waals surface area contributed by atoms with E-state index in [1.165, 1.54) is 0 Å². The number of benzene rings is 4. The number of anilines is 3. The molecule has 0 saturated carbocycles. The van der Waals surface area contributed by atoms with Crippen LogP contribution in [0.25, 0.3) is 11.1 Å². The zero-order valence-electron chi connectivity index (χ0n) is 30.8. The number of fused-ring (bicyclic) bond motifs is 1. The number of para-hydroxylation sites is 2. The Morgan fingerprint density at radius 1 is 0.808 bits per heavy atom. The molecule has 1 saturated heterocycles. The summed E-state index contributed by atoms with van der Waals surface area (Å²) in [5.41, 5.74) is 6.07. The second kappa shape index (κ2) is 16.9. The molecular weight excluding hydrogens is 652 g/mol. The molecule has 0 atom stereocenters. The van der Waals surface area contributed by atoms with Crippen molar-refractivity contribution < 1.29 is 19.1 Å². The Bertz CT molecular complexity index is 1870. The number of carbonyl (C=O) groups excluding carboxylic acids is 3. The predicted molar refractivity (Wildman–Crippen MR) is 209 cm³/mol. The Balaban J connectivity index is 1.25. The largest absolute Gasteiger partial charge is 0.491 e. The van der Waals surface area contributed by atoms with Gasteiger partial charge < -0.3 is 34.6 Å². The Labute approximate surface area is 307 Å². The fourth-order valence-electron chi connectivity index (χ4n) is 6.77. The smallest absolute Gasteiger partial charge is 0.258 e. The summed E-state index contributed by atoms with van der Waals surface area (Å²) >= 11 is 0. The van der Waals surface area contributed by atoms with E-state index < -0.39 is 0 Å². The lowest BCUT2D eigenvalue weighted by Gasteiger charge is -2.34. The van der Waals surface area contributed by atoms with Gasteiger partial charge in [-0.25, -0.2) is 0 Å². The van der Waals surface area contributed by atoms with Crippen LogP contribution >= 0.6 is 0 Å². The summed E-state index contributed by atoms with van der Waals surface area (Å²) in [6.45, 7) is 7.92. The van der Waals surface area contributed by atoms with Gasteiger partial charge in [0, 0.05) is 56.9 Å². The predicted octanol–water partition coefficient (Wildman–Crippen LogP) is 5.88. The highest BCUT2D eigenvalue weighted by Gasteiger charge is 2.29. The number of ether oxygens (including phenoxy) is 1. The van der Waals surface area contributed by atoms with Gasteiger partial charge >= 0.3 is 0 Å². The molecule has 10 heteroatoms. The number of likely N-dealkylation sites (N-methyl/N-ethyl adjacent to an activating group) is 1. The highest BCUT2D eigenvalue weighted by molar-refractivity contribution is 6.11. The van der Waals surface area contributed by atoms with Crippen LogP contribution in [0.3, 0.4) is 0 Å². The van der Waals surface area contributed by atoms with E-state index in [0.717, 1.165) is 67.2 Å². The molecule has 10 nitrogen and oxygen atoms in total. The van der Waals surface area contributed by atoms with Crippen molar-refractivity contribution in [2.75, 3.05) is 95.2 Å². The lowest BCUT2D eigenvalue weighted by molar-refractivity contribution is -0.131. The summed E-state index contributed by atoms with van der Waals surface area (Å²) < 4.78 is 6.28. The van der Waals surface area contributed by atoms with Crippen LogP contribution in [0.1, 0.15) is 39.1 Å². The van der Waals surface area contributed by atoms with Crippen molar-refractivity contribution in [1.82, 2.24) is 14.7 Å². The molecule has 272 valence electrons. The van der Waals surface area contributed by atoms with Crippen LogP contribution in [0.4, 0.5) is 17.1 Å². The molecule has 4 aromatic carbocycles. The Hall–Kier alpha value is -5.19. The number of aryl methyl sites for hydroxylation is 1. The number of nitrogens with one attached hydrogen (secondary N) is 1. The molecule has 0 spiro atoms. The molecule has 6 rings (SSSR count). The molecule has 4 aromatic rings. The molecule has 0 radical (unpaired) electrons. The normalized spacial score (nSPS) is 14.9.